The van der Waals surface area contributed by atoms with Gasteiger partial charge in [0.1, 0.15) is 0 Å². The number of benzene rings is 1. The largest absolute Gasteiger partial charge is 0.481 e. The van der Waals surface area contributed by atoms with E-state index in [2.05, 4.69) is 12.1 Å². The van der Waals surface area contributed by atoms with Gasteiger partial charge in [0.05, 0.1) is 6.10 Å². The van der Waals surface area contributed by atoms with E-state index in [9.17, 15) is 23.5 Å². The Labute approximate surface area is 202 Å². The lowest BCUT2D eigenvalue weighted by Gasteiger charge is -2.26. The zero-order valence-corrected chi connectivity index (χ0v) is 20.4. The topological polar surface area (TPSA) is 77.8 Å². The Kier molecular flexibility index (Phi) is 11.9. The molecule has 7 heteroatoms. The average molecular weight is 482 g/mol. The van der Waals surface area contributed by atoms with Gasteiger partial charge in [-0.1, -0.05) is 62.9 Å². The van der Waals surface area contributed by atoms with E-state index in [1.807, 2.05) is 25.1 Å². The van der Waals surface area contributed by atoms with Crippen LogP contribution in [0.2, 0.25) is 0 Å². The van der Waals surface area contributed by atoms with Crippen molar-refractivity contribution in [1.29, 1.82) is 0 Å². The van der Waals surface area contributed by atoms with Gasteiger partial charge in [-0.2, -0.15) is 8.78 Å². The Morgan fingerprint density at radius 1 is 1.06 bits per heavy atom. The molecule has 1 unspecified atom stereocenters. The second kappa shape index (κ2) is 14.4. The molecule has 1 heterocycles. The highest BCUT2D eigenvalue weighted by Gasteiger charge is 2.52. The molecule has 5 nitrogen and oxygen atoms in total. The van der Waals surface area contributed by atoms with Gasteiger partial charge in [-0.3, -0.25) is 9.59 Å². The van der Waals surface area contributed by atoms with Gasteiger partial charge in [-0.25, -0.2) is 0 Å². The van der Waals surface area contributed by atoms with Gasteiger partial charge >= 0.3 is 11.9 Å². The van der Waals surface area contributed by atoms with Gasteiger partial charge in [0.25, 0.3) is 5.91 Å². The summed E-state index contributed by atoms with van der Waals surface area (Å²) in [4.78, 5) is 24.0. The molecule has 1 aromatic carbocycles. The Balaban J connectivity index is 1.67. The normalized spacial score (nSPS) is 19.4. The molecule has 0 spiro atoms. The Morgan fingerprint density at radius 2 is 1.74 bits per heavy atom. The molecule has 1 aromatic rings. The lowest BCUT2D eigenvalue weighted by atomic mass is 9.92. The van der Waals surface area contributed by atoms with E-state index in [4.69, 9.17) is 5.11 Å². The molecule has 0 saturated carbocycles. The summed E-state index contributed by atoms with van der Waals surface area (Å²) in [5.74, 6) is -5.18. The van der Waals surface area contributed by atoms with Crippen molar-refractivity contribution in [1.82, 2.24) is 4.90 Å². The highest BCUT2D eigenvalue weighted by atomic mass is 19.3. The summed E-state index contributed by atoms with van der Waals surface area (Å²) in [6.45, 7) is 2.27. The van der Waals surface area contributed by atoms with Crippen LogP contribution in [-0.4, -0.2) is 51.6 Å². The third-order valence-electron chi connectivity index (χ3n) is 6.97. The number of amides is 1. The van der Waals surface area contributed by atoms with Gasteiger partial charge in [-0.05, 0) is 56.4 Å². The van der Waals surface area contributed by atoms with Crippen LogP contribution in [0.5, 0.6) is 0 Å². The van der Waals surface area contributed by atoms with Crippen LogP contribution < -0.4 is 0 Å². The van der Waals surface area contributed by atoms with Gasteiger partial charge < -0.3 is 15.1 Å². The van der Waals surface area contributed by atoms with E-state index in [1.165, 1.54) is 10.5 Å². The number of carbonyl (C=O) groups is 2. The predicted octanol–water partition coefficient (Wildman–Crippen LogP) is 5.84. The molecule has 34 heavy (non-hydrogen) atoms. The van der Waals surface area contributed by atoms with Crippen molar-refractivity contribution in [3.63, 3.8) is 0 Å². The number of aliphatic carboxylic acids is 1. The highest BCUT2D eigenvalue weighted by Crippen LogP contribution is 2.36. The summed E-state index contributed by atoms with van der Waals surface area (Å²) in [6.07, 6.45) is 7.58. The third-order valence-corrected chi connectivity index (χ3v) is 6.97. The number of carbonyl (C=O) groups excluding carboxylic acids is 1. The van der Waals surface area contributed by atoms with Gasteiger partial charge in [0.2, 0.25) is 0 Å². The fourth-order valence-electron chi connectivity index (χ4n) is 4.78. The molecule has 2 rings (SSSR count). The summed E-state index contributed by atoms with van der Waals surface area (Å²) in [5, 5.41) is 19.2. The van der Waals surface area contributed by atoms with Crippen LogP contribution in [0.15, 0.2) is 30.3 Å². The van der Waals surface area contributed by atoms with Crippen molar-refractivity contribution < 1.29 is 28.6 Å². The number of aliphatic hydroxyl groups is 1. The fourth-order valence-corrected chi connectivity index (χ4v) is 4.78. The smallest absolute Gasteiger partial charge is 0.326 e. The van der Waals surface area contributed by atoms with E-state index >= 15 is 0 Å². The molecule has 1 fully saturated rings. The second-order valence-corrected chi connectivity index (χ2v) is 9.83. The molecule has 1 amide bonds. The van der Waals surface area contributed by atoms with Crippen molar-refractivity contribution in [3.05, 3.63) is 35.9 Å². The van der Waals surface area contributed by atoms with Crippen molar-refractivity contribution >= 4 is 11.9 Å². The molecular formula is C27H41F2NO4. The number of alkyl halides is 2. The van der Waals surface area contributed by atoms with Crippen molar-refractivity contribution in [2.75, 3.05) is 6.54 Å². The molecule has 3 atom stereocenters. The van der Waals surface area contributed by atoms with Crippen LogP contribution in [0.4, 0.5) is 8.78 Å². The van der Waals surface area contributed by atoms with Crippen LogP contribution >= 0.6 is 0 Å². The number of hydrogen-bond donors (Lipinski definition) is 2. The third kappa shape index (κ3) is 9.69. The number of unbranched alkanes of at least 4 members (excludes halogenated alkanes) is 5. The molecule has 1 aliphatic rings. The lowest BCUT2D eigenvalue weighted by Crippen LogP contribution is -2.37. The number of carboxylic acid groups (broad SMARTS) is 1. The Hall–Kier alpha value is -2.02. The summed E-state index contributed by atoms with van der Waals surface area (Å²) in [6, 6.07) is 9.82. The van der Waals surface area contributed by atoms with Crippen molar-refractivity contribution in [3.8, 4) is 0 Å². The number of carboxylic acids is 1. The maximum Gasteiger partial charge on any atom is 0.326 e. The molecule has 0 radical (unpaired) electrons. The number of nitrogens with zero attached hydrogens (tertiary/aromatic N) is 1. The minimum atomic E-state index is -3.33. The van der Waals surface area contributed by atoms with Gasteiger partial charge in [0.15, 0.2) is 0 Å². The predicted molar refractivity (Wildman–Crippen MR) is 129 cm³/mol. The van der Waals surface area contributed by atoms with Crippen molar-refractivity contribution in [2.24, 2.45) is 5.92 Å². The minimum Gasteiger partial charge on any atom is -0.481 e. The summed E-state index contributed by atoms with van der Waals surface area (Å²) >= 11 is 0. The number of hydrogen-bond acceptors (Lipinski definition) is 3. The molecule has 0 bridgehead atoms. The first kappa shape index (κ1) is 28.2. The Bertz CT molecular complexity index is 743. The number of aliphatic hydroxyl groups excluding tert-OH is 1. The van der Waals surface area contributed by atoms with Crippen LogP contribution in [-0.2, 0) is 16.0 Å². The number of halogens is 2. The van der Waals surface area contributed by atoms with E-state index in [0.29, 0.717) is 38.5 Å². The van der Waals surface area contributed by atoms with E-state index in [1.54, 1.807) is 0 Å². The number of aryl methyl sites for hydroxylation is 1. The van der Waals surface area contributed by atoms with Crippen LogP contribution in [0.1, 0.15) is 89.5 Å². The first-order valence-corrected chi connectivity index (χ1v) is 12.8. The molecule has 0 aromatic heterocycles. The molecule has 2 N–H and O–H groups in total. The van der Waals surface area contributed by atoms with E-state index < -0.39 is 36.4 Å². The summed E-state index contributed by atoms with van der Waals surface area (Å²) < 4.78 is 28.2. The Morgan fingerprint density at radius 3 is 2.44 bits per heavy atom. The maximum atomic E-state index is 14.1. The fraction of sp³-hybridized carbons (Fsp3) is 0.704. The van der Waals surface area contributed by atoms with E-state index in [0.717, 1.165) is 32.1 Å². The maximum absolute atomic E-state index is 14.1. The lowest BCUT2D eigenvalue weighted by molar-refractivity contribution is -0.148. The highest BCUT2D eigenvalue weighted by molar-refractivity contribution is 5.86. The first-order valence-electron chi connectivity index (χ1n) is 12.8. The SMILES string of the molecule is C[C@@H](CCCCCc1ccccc1)[C@H](O)CCC1CC(F)(F)C(=O)N1CCCCCCC(=O)O. The van der Waals surface area contributed by atoms with Crippen LogP contribution in [0.3, 0.4) is 0 Å². The van der Waals surface area contributed by atoms with Gasteiger partial charge in [-0.15, -0.1) is 0 Å². The molecule has 1 saturated heterocycles. The quantitative estimate of drug-likeness (QED) is 0.274. The molecule has 1 aliphatic heterocycles. The zero-order valence-electron chi connectivity index (χ0n) is 20.4. The molecular weight excluding hydrogens is 440 g/mol. The van der Waals surface area contributed by atoms with Crippen LogP contribution in [0.25, 0.3) is 0 Å². The zero-order chi connectivity index (χ0) is 25.0. The van der Waals surface area contributed by atoms with Crippen LogP contribution in [0, 0.1) is 5.92 Å². The minimum absolute atomic E-state index is 0.0945. The molecule has 0 aliphatic carbocycles. The number of rotatable bonds is 17. The van der Waals surface area contributed by atoms with E-state index in [-0.39, 0.29) is 18.9 Å². The summed E-state index contributed by atoms with van der Waals surface area (Å²) in [5.41, 5.74) is 1.34. The van der Waals surface area contributed by atoms with Gasteiger partial charge in [0, 0.05) is 25.4 Å². The summed E-state index contributed by atoms with van der Waals surface area (Å²) in [7, 11) is 0. The molecule has 192 valence electrons. The van der Waals surface area contributed by atoms with Crippen molar-refractivity contribution in [2.45, 2.75) is 108 Å². The second-order valence-electron chi connectivity index (χ2n) is 9.83. The first-order chi connectivity index (χ1) is 16.2. The monoisotopic (exact) mass is 481 g/mol. The standard InChI is InChI=1S/C27H41F2NO4/c1-21(12-6-4-7-13-22-14-8-5-9-15-22)24(31)18-17-23-20-27(28,29)26(34)30(23)19-11-3-2-10-16-25(32)33/h5,8-9,14-15,21,23-24,31H,2-4,6-7,10-13,16-20H2,1H3,(H,32,33)/t21-,23?,24+/m0/s1. The number of likely N-dealkylation sites (tertiary alicyclic amines) is 1. The average Bonchev–Trinajstić information content (AvgIpc) is 3.02.